The molecule has 1 aliphatic heterocycles. The maximum absolute atomic E-state index is 12.1. The SMILES string of the molecule is O=C(O)C1CCCN1C(=O)c1csc(NC(=O)C(F)(F)F)n1. The molecule has 1 unspecified atom stereocenters. The zero-order valence-electron chi connectivity index (χ0n) is 10.9. The van der Waals surface area contributed by atoms with E-state index >= 15 is 0 Å². The van der Waals surface area contributed by atoms with Crippen molar-refractivity contribution in [1.29, 1.82) is 0 Å². The van der Waals surface area contributed by atoms with Crippen LogP contribution in [0, 0.1) is 0 Å². The average Bonchev–Trinajstić information content (AvgIpc) is 3.05. The molecule has 1 fully saturated rings. The van der Waals surface area contributed by atoms with Crippen molar-refractivity contribution in [2.45, 2.75) is 25.1 Å². The molecule has 0 spiro atoms. The highest BCUT2D eigenvalue weighted by Crippen LogP contribution is 2.24. The minimum atomic E-state index is -5.06. The summed E-state index contributed by atoms with van der Waals surface area (Å²) in [7, 11) is 0. The van der Waals surface area contributed by atoms with E-state index in [0.717, 1.165) is 4.90 Å². The Hall–Kier alpha value is -2.17. The molecule has 2 rings (SSSR count). The van der Waals surface area contributed by atoms with Gasteiger partial charge in [-0.3, -0.25) is 14.9 Å². The summed E-state index contributed by atoms with van der Waals surface area (Å²) in [5, 5.41) is 11.3. The number of aromatic nitrogens is 1. The maximum atomic E-state index is 12.1. The first-order valence-electron chi connectivity index (χ1n) is 6.07. The summed E-state index contributed by atoms with van der Waals surface area (Å²) in [6.07, 6.45) is -4.23. The van der Waals surface area contributed by atoms with E-state index in [1.54, 1.807) is 0 Å². The fraction of sp³-hybridized carbons (Fsp3) is 0.455. The maximum Gasteiger partial charge on any atom is 0.471 e. The van der Waals surface area contributed by atoms with Crippen LogP contribution in [0.1, 0.15) is 23.3 Å². The van der Waals surface area contributed by atoms with E-state index < -0.39 is 30.0 Å². The molecule has 1 aromatic heterocycles. The van der Waals surface area contributed by atoms with Crippen molar-refractivity contribution in [2.75, 3.05) is 11.9 Å². The summed E-state index contributed by atoms with van der Waals surface area (Å²) in [6.45, 7) is 0.234. The van der Waals surface area contributed by atoms with E-state index in [9.17, 15) is 27.6 Å². The fourth-order valence-electron chi connectivity index (χ4n) is 2.01. The Bertz CT molecular complexity index is 616. The highest BCUT2D eigenvalue weighted by molar-refractivity contribution is 7.14. The van der Waals surface area contributed by atoms with Crippen LogP contribution >= 0.6 is 11.3 Å². The number of thiazole rings is 1. The number of halogens is 3. The second-order valence-corrected chi connectivity index (χ2v) is 5.34. The third kappa shape index (κ3) is 3.35. The number of aliphatic carboxylic acids is 1. The lowest BCUT2D eigenvalue weighted by Gasteiger charge is -2.20. The van der Waals surface area contributed by atoms with Gasteiger partial charge in [-0.25, -0.2) is 9.78 Å². The molecule has 1 aliphatic rings. The van der Waals surface area contributed by atoms with Crippen LogP contribution in [0.2, 0.25) is 0 Å². The number of likely N-dealkylation sites (tertiary alicyclic amines) is 1. The molecule has 2 heterocycles. The lowest BCUT2D eigenvalue weighted by Crippen LogP contribution is -2.40. The Morgan fingerprint density at radius 3 is 2.68 bits per heavy atom. The number of rotatable bonds is 3. The highest BCUT2D eigenvalue weighted by Gasteiger charge is 2.39. The molecule has 7 nitrogen and oxygen atoms in total. The lowest BCUT2D eigenvalue weighted by molar-refractivity contribution is -0.167. The lowest BCUT2D eigenvalue weighted by atomic mass is 10.2. The van der Waals surface area contributed by atoms with E-state index in [2.05, 4.69) is 4.98 Å². The average molecular weight is 337 g/mol. The number of carbonyl (C=O) groups excluding carboxylic acids is 2. The van der Waals surface area contributed by atoms with Gasteiger partial charge in [0.2, 0.25) is 0 Å². The summed E-state index contributed by atoms with van der Waals surface area (Å²) in [6, 6.07) is -0.970. The van der Waals surface area contributed by atoms with Gasteiger partial charge in [0.1, 0.15) is 11.7 Å². The van der Waals surface area contributed by atoms with E-state index in [4.69, 9.17) is 5.11 Å². The molecule has 1 saturated heterocycles. The van der Waals surface area contributed by atoms with E-state index in [0.29, 0.717) is 24.2 Å². The molecule has 22 heavy (non-hydrogen) atoms. The molecule has 2 N–H and O–H groups in total. The molecular weight excluding hydrogens is 327 g/mol. The molecule has 1 aromatic rings. The van der Waals surface area contributed by atoms with E-state index in [-0.39, 0.29) is 17.4 Å². The van der Waals surface area contributed by atoms with Crippen molar-refractivity contribution in [3.05, 3.63) is 11.1 Å². The van der Waals surface area contributed by atoms with Gasteiger partial charge < -0.3 is 10.0 Å². The Morgan fingerprint density at radius 2 is 2.09 bits per heavy atom. The summed E-state index contributed by atoms with van der Waals surface area (Å²) in [5.74, 6) is -4.02. The first-order chi connectivity index (χ1) is 10.2. The van der Waals surface area contributed by atoms with Gasteiger partial charge in [-0.1, -0.05) is 0 Å². The number of hydrogen-bond donors (Lipinski definition) is 2. The fourth-order valence-corrected chi connectivity index (χ4v) is 2.69. The van der Waals surface area contributed by atoms with E-state index in [1.165, 1.54) is 10.7 Å². The minimum absolute atomic E-state index is 0.198. The monoisotopic (exact) mass is 337 g/mol. The minimum Gasteiger partial charge on any atom is -0.480 e. The molecule has 0 saturated carbocycles. The summed E-state index contributed by atoms with van der Waals surface area (Å²) in [5.41, 5.74) is -0.198. The third-order valence-electron chi connectivity index (χ3n) is 3.00. The van der Waals surface area contributed by atoms with Crippen LogP contribution < -0.4 is 5.32 Å². The van der Waals surface area contributed by atoms with Crippen molar-refractivity contribution in [2.24, 2.45) is 0 Å². The zero-order chi connectivity index (χ0) is 16.5. The van der Waals surface area contributed by atoms with Crippen LogP contribution in [0.4, 0.5) is 18.3 Å². The summed E-state index contributed by atoms with van der Waals surface area (Å²) < 4.78 is 36.3. The van der Waals surface area contributed by atoms with Crippen LogP contribution in [0.5, 0.6) is 0 Å². The van der Waals surface area contributed by atoms with Gasteiger partial charge in [-0.15, -0.1) is 11.3 Å². The highest BCUT2D eigenvalue weighted by atomic mass is 32.1. The number of amides is 2. The van der Waals surface area contributed by atoms with Gasteiger partial charge in [0.25, 0.3) is 5.91 Å². The van der Waals surface area contributed by atoms with Gasteiger partial charge in [0, 0.05) is 11.9 Å². The normalized spacial score (nSPS) is 18.3. The molecular formula is C11H10F3N3O4S. The number of carboxylic acid groups (broad SMARTS) is 1. The Kier molecular flexibility index (Phi) is 4.35. The van der Waals surface area contributed by atoms with Crippen LogP contribution in [-0.2, 0) is 9.59 Å². The quantitative estimate of drug-likeness (QED) is 0.867. The number of carboxylic acids is 1. The molecule has 2 amide bonds. The van der Waals surface area contributed by atoms with Crippen LogP contribution in [0.25, 0.3) is 0 Å². The van der Waals surface area contributed by atoms with E-state index in [1.807, 2.05) is 0 Å². The number of nitrogens with zero attached hydrogens (tertiary/aromatic N) is 2. The smallest absolute Gasteiger partial charge is 0.471 e. The standard InChI is InChI=1S/C11H10F3N3O4S/c12-11(13,14)9(21)16-10-15-5(4-22-10)7(18)17-3-1-2-6(17)8(19)20/h4,6H,1-3H2,(H,19,20)(H,15,16,21). The number of nitrogens with one attached hydrogen (secondary N) is 1. The molecule has 0 aromatic carbocycles. The second-order valence-electron chi connectivity index (χ2n) is 4.48. The number of hydrogen-bond acceptors (Lipinski definition) is 5. The number of carbonyl (C=O) groups is 3. The largest absolute Gasteiger partial charge is 0.480 e. The second kappa shape index (κ2) is 5.91. The Morgan fingerprint density at radius 1 is 1.41 bits per heavy atom. The van der Waals surface area contributed by atoms with Crippen molar-refractivity contribution in [3.8, 4) is 0 Å². The van der Waals surface area contributed by atoms with Gasteiger partial charge in [0.15, 0.2) is 5.13 Å². The van der Waals surface area contributed by atoms with Gasteiger partial charge in [-0.2, -0.15) is 13.2 Å². The summed E-state index contributed by atoms with van der Waals surface area (Å²) >= 11 is 0.653. The molecule has 1 atom stereocenters. The number of alkyl halides is 3. The molecule has 120 valence electrons. The van der Waals surface area contributed by atoms with Crippen LogP contribution in [0.15, 0.2) is 5.38 Å². The molecule has 0 radical (unpaired) electrons. The summed E-state index contributed by atoms with van der Waals surface area (Å²) in [4.78, 5) is 38.6. The third-order valence-corrected chi connectivity index (χ3v) is 3.76. The molecule has 0 aliphatic carbocycles. The van der Waals surface area contributed by atoms with Gasteiger partial charge >= 0.3 is 18.1 Å². The Balaban J connectivity index is 2.09. The number of anilines is 1. The Labute approximate surface area is 125 Å². The van der Waals surface area contributed by atoms with Gasteiger partial charge in [-0.05, 0) is 12.8 Å². The van der Waals surface area contributed by atoms with Crippen molar-refractivity contribution >= 4 is 34.3 Å². The van der Waals surface area contributed by atoms with Crippen LogP contribution in [0.3, 0.4) is 0 Å². The topological polar surface area (TPSA) is 99.6 Å². The van der Waals surface area contributed by atoms with Crippen molar-refractivity contribution in [1.82, 2.24) is 9.88 Å². The predicted molar refractivity (Wildman–Crippen MR) is 68.5 cm³/mol. The first kappa shape index (κ1) is 16.2. The van der Waals surface area contributed by atoms with Crippen molar-refractivity contribution < 1.29 is 32.7 Å². The first-order valence-corrected chi connectivity index (χ1v) is 6.95. The van der Waals surface area contributed by atoms with Gasteiger partial charge in [0.05, 0.1) is 0 Å². The van der Waals surface area contributed by atoms with Crippen LogP contribution in [-0.4, -0.2) is 51.5 Å². The van der Waals surface area contributed by atoms with Crippen molar-refractivity contribution in [3.63, 3.8) is 0 Å². The zero-order valence-corrected chi connectivity index (χ0v) is 11.7. The predicted octanol–water partition coefficient (Wildman–Crippen LogP) is 1.33. The molecule has 0 bridgehead atoms. The molecule has 11 heteroatoms.